The lowest BCUT2D eigenvalue weighted by Crippen LogP contribution is -2.37. The van der Waals surface area contributed by atoms with E-state index in [0.29, 0.717) is 34.7 Å². The first-order valence-electron chi connectivity index (χ1n) is 6.99. The van der Waals surface area contributed by atoms with Crippen molar-refractivity contribution in [1.82, 2.24) is 14.9 Å². The van der Waals surface area contributed by atoms with Crippen LogP contribution < -0.4 is 5.32 Å². The number of carboxylic acid groups (broad SMARTS) is 1. The highest BCUT2D eigenvalue weighted by Gasteiger charge is 2.23. The number of aromatic nitrogens is 2. The van der Waals surface area contributed by atoms with Gasteiger partial charge in [-0.05, 0) is 28.1 Å². The molecule has 2 aromatic rings. The zero-order chi connectivity index (χ0) is 17.1. The molecule has 0 radical (unpaired) electrons. The number of hydrogen-bond donors (Lipinski definition) is 2. The molecule has 9 heteroatoms. The van der Waals surface area contributed by atoms with Gasteiger partial charge in [0, 0.05) is 31.1 Å². The number of carbonyl (C=O) groups is 2. The van der Waals surface area contributed by atoms with E-state index in [1.807, 2.05) is 0 Å². The lowest BCUT2D eigenvalue weighted by molar-refractivity contribution is -0.132. The molecule has 2 N–H and O–H groups in total. The molecule has 1 aliphatic heterocycles. The van der Waals surface area contributed by atoms with Crippen molar-refractivity contribution >= 4 is 50.5 Å². The summed E-state index contributed by atoms with van der Waals surface area (Å²) in [4.78, 5) is 36.7. The Balaban J connectivity index is 1.84. The van der Waals surface area contributed by atoms with Crippen LogP contribution in [-0.2, 0) is 9.59 Å². The standard InChI is InChI=1S/C15H12BrN5O3/c16-13-9(1-2-10-14(13)18-6-5-17-10)20-15-19-7-8-21(15)11(22)3-4-12(23)24/h1-6H,7-8H2,(H,19,20)(H,23,24)/b4-3+. The van der Waals surface area contributed by atoms with Crippen LogP contribution in [-0.4, -0.2) is 50.9 Å². The third-order valence-corrected chi connectivity index (χ3v) is 4.10. The molecule has 24 heavy (non-hydrogen) atoms. The van der Waals surface area contributed by atoms with Crippen molar-refractivity contribution in [2.75, 3.05) is 18.4 Å². The molecule has 1 aromatic carbocycles. The number of halogens is 1. The molecule has 3 rings (SSSR count). The average molecular weight is 390 g/mol. The molecule has 0 atom stereocenters. The molecule has 0 saturated heterocycles. The Morgan fingerprint density at radius 2 is 2.04 bits per heavy atom. The van der Waals surface area contributed by atoms with Crippen LogP contribution >= 0.6 is 15.9 Å². The van der Waals surface area contributed by atoms with E-state index in [2.05, 4.69) is 36.2 Å². The van der Waals surface area contributed by atoms with Crippen molar-refractivity contribution in [2.45, 2.75) is 0 Å². The highest BCUT2D eigenvalue weighted by Crippen LogP contribution is 2.29. The topological polar surface area (TPSA) is 108 Å². The summed E-state index contributed by atoms with van der Waals surface area (Å²) in [5.41, 5.74) is 2.11. The van der Waals surface area contributed by atoms with Crippen molar-refractivity contribution < 1.29 is 14.7 Å². The Morgan fingerprint density at radius 1 is 1.25 bits per heavy atom. The second kappa shape index (κ2) is 6.75. The zero-order valence-corrected chi connectivity index (χ0v) is 13.9. The molecular formula is C15H12BrN5O3. The maximum Gasteiger partial charge on any atom is 0.328 e. The van der Waals surface area contributed by atoms with Gasteiger partial charge in [0.1, 0.15) is 5.52 Å². The molecule has 0 spiro atoms. The fourth-order valence-corrected chi connectivity index (χ4v) is 2.76. The maximum absolute atomic E-state index is 12.1. The summed E-state index contributed by atoms with van der Waals surface area (Å²) in [6.45, 7) is 0.829. The van der Waals surface area contributed by atoms with E-state index in [4.69, 9.17) is 5.11 Å². The number of rotatable bonds is 3. The molecule has 0 aliphatic carbocycles. The molecule has 0 saturated carbocycles. The number of fused-ring (bicyclic) bond motifs is 1. The van der Waals surface area contributed by atoms with Gasteiger partial charge in [0.15, 0.2) is 0 Å². The number of carbonyl (C=O) groups excluding carboxylic acids is 1. The van der Waals surface area contributed by atoms with Crippen LogP contribution in [0.4, 0.5) is 5.69 Å². The number of nitrogens with one attached hydrogen (secondary N) is 1. The van der Waals surface area contributed by atoms with Crippen LogP contribution in [0.15, 0.2) is 46.1 Å². The predicted molar refractivity (Wildman–Crippen MR) is 91.7 cm³/mol. The summed E-state index contributed by atoms with van der Waals surface area (Å²) in [6, 6.07) is 3.61. The number of aliphatic imine (C=N–C) groups is 1. The number of carboxylic acids is 1. The van der Waals surface area contributed by atoms with Crippen molar-refractivity contribution in [3.63, 3.8) is 0 Å². The minimum absolute atomic E-state index is 0.360. The normalized spacial score (nSPS) is 14.2. The van der Waals surface area contributed by atoms with E-state index in [-0.39, 0.29) is 0 Å². The van der Waals surface area contributed by atoms with Gasteiger partial charge in [0.25, 0.3) is 5.91 Å². The first-order chi connectivity index (χ1) is 11.6. The lowest BCUT2D eigenvalue weighted by atomic mass is 10.2. The highest BCUT2D eigenvalue weighted by atomic mass is 79.9. The van der Waals surface area contributed by atoms with Gasteiger partial charge in [-0.2, -0.15) is 0 Å². The maximum atomic E-state index is 12.1. The summed E-state index contributed by atoms with van der Waals surface area (Å²) in [5, 5.41) is 11.7. The Hall–Kier alpha value is -2.81. The van der Waals surface area contributed by atoms with Crippen molar-refractivity contribution in [2.24, 2.45) is 4.99 Å². The van der Waals surface area contributed by atoms with Crippen molar-refractivity contribution in [1.29, 1.82) is 0 Å². The highest BCUT2D eigenvalue weighted by molar-refractivity contribution is 9.10. The van der Waals surface area contributed by atoms with Gasteiger partial charge in [-0.15, -0.1) is 0 Å². The summed E-state index contributed by atoms with van der Waals surface area (Å²) < 4.78 is 0.705. The number of anilines is 1. The van der Waals surface area contributed by atoms with Gasteiger partial charge in [-0.25, -0.2) is 4.79 Å². The second-order valence-electron chi connectivity index (χ2n) is 4.84. The zero-order valence-electron chi connectivity index (χ0n) is 12.3. The fraction of sp³-hybridized carbons (Fsp3) is 0.133. The molecular weight excluding hydrogens is 378 g/mol. The van der Waals surface area contributed by atoms with Crippen LogP contribution in [0, 0.1) is 0 Å². The van der Waals surface area contributed by atoms with Crippen molar-refractivity contribution in [3.8, 4) is 0 Å². The van der Waals surface area contributed by atoms with Crippen LogP contribution in [0.1, 0.15) is 0 Å². The summed E-state index contributed by atoms with van der Waals surface area (Å²) >= 11 is 3.48. The van der Waals surface area contributed by atoms with Gasteiger partial charge in [-0.1, -0.05) is 0 Å². The summed E-state index contributed by atoms with van der Waals surface area (Å²) in [6.07, 6.45) is 5.01. The van der Waals surface area contributed by atoms with Gasteiger partial charge in [0.05, 0.1) is 22.2 Å². The van der Waals surface area contributed by atoms with E-state index < -0.39 is 11.9 Å². The Morgan fingerprint density at radius 3 is 2.83 bits per heavy atom. The van der Waals surface area contributed by atoms with Gasteiger partial charge >= 0.3 is 5.97 Å². The molecule has 0 bridgehead atoms. The molecule has 2 heterocycles. The van der Waals surface area contributed by atoms with Crippen LogP contribution in [0.25, 0.3) is 11.0 Å². The smallest absolute Gasteiger partial charge is 0.328 e. The van der Waals surface area contributed by atoms with Crippen LogP contribution in [0.5, 0.6) is 0 Å². The van der Waals surface area contributed by atoms with E-state index in [9.17, 15) is 9.59 Å². The first-order valence-corrected chi connectivity index (χ1v) is 7.79. The fourth-order valence-electron chi connectivity index (χ4n) is 2.22. The Kier molecular flexibility index (Phi) is 4.52. The minimum Gasteiger partial charge on any atom is -0.478 e. The van der Waals surface area contributed by atoms with Crippen LogP contribution in [0.2, 0.25) is 0 Å². The molecule has 0 unspecified atom stereocenters. The number of benzene rings is 1. The van der Waals surface area contributed by atoms with E-state index in [1.165, 1.54) is 4.90 Å². The SMILES string of the molecule is O=C(O)/C=C/C(=O)N1CCN=C1Nc1ccc2nccnc2c1Br. The third kappa shape index (κ3) is 3.25. The average Bonchev–Trinajstić information content (AvgIpc) is 3.03. The number of aliphatic carboxylic acids is 1. The quantitative estimate of drug-likeness (QED) is 0.772. The Bertz CT molecular complexity index is 881. The molecule has 1 amide bonds. The number of amides is 1. The molecule has 0 fully saturated rings. The first kappa shape index (κ1) is 16.1. The van der Waals surface area contributed by atoms with Crippen molar-refractivity contribution in [3.05, 3.63) is 41.2 Å². The molecule has 8 nitrogen and oxygen atoms in total. The number of guanidine groups is 1. The number of hydrogen-bond acceptors (Lipinski definition) is 6. The summed E-state index contributed by atoms with van der Waals surface area (Å²) in [7, 11) is 0. The molecule has 122 valence electrons. The van der Waals surface area contributed by atoms with Gasteiger partial charge in [-0.3, -0.25) is 24.7 Å². The summed E-state index contributed by atoms with van der Waals surface area (Å²) in [5.74, 6) is -1.26. The Labute approximate surface area is 145 Å². The second-order valence-corrected chi connectivity index (χ2v) is 5.64. The monoisotopic (exact) mass is 389 g/mol. The van der Waals surface area contributed by atoms with E-state index in [1.54, 1.807) is 24.5 Å². The molecule has 1 aromatic heterocycles. The third-order valence-electron chi connectivity index (χ3n) is 3.30. The van der Waals surface area contributed by atoms with Crippen LogP contribution in [0.3, 0.4) is 0 Å². The van der Waals surface area contributed by atoms with Gasteiger partial charge in [0.2, 0.25) is 5.96 Å². The molecule has 1 aliphatic rings. The predicted octanol–water partition coefficient (Wildman–Crippen LogP) is 1.64. The largest absolute Gasteiger partial charge is 0.478 e. The van der Waals surface area contributed by atoms with E-state index >= 15 is 0 Å². The minimum atomic E-state index is -1.18. The van der Waals surface area contributed by atoms with E-state index in [0.717, 1.165) is 17.7 Å². The number of nitrogens with zero attached hydrogens (tertiary/aromatic N) is 4. The van der Waals surface area contributed by atoms with Gasteiger partial charge < -0.3 is 10.4 Å². The lowest BCUT2D eigenvalue weighted by Gasteiger charge is -2.18.